The van der Waals surface area contributed by atoms with Crippen molar-refractivity contribution in [3.05, 3.63) is 46.0 Å². The molecule has 2 aliphatic heterocycles. The van der Waals surface area contributed by atoms with E-state index in [4.69, 9.17) is 10.8 Å². The molecule has 3 rings (SSSR count). The molecule has 0 saturated carbocycles. The summed E-state index contributed by atoms with van der Waals surface area (Å²) in [5, 5.41) is 40.6. The van der Waals surface area contributed by atoms with Gasteiger partial charge in [0.25, 0.3) is 5.91 Å². The normalized spacial score (nSPS) is 17.7. The predicted octanol–water partition coefficient (Wildman–Crippen LogP) is -1.13. The van der Waals surface area contributed by atoms with Crippen LogP contribution in [0.5, 0.6) is 0 Å². The highest BCUT2D eigenvalue weighted by Crippen LogP contribution is 2.22. The number of aliphatic hydroxyl groups is 1. The van der Waals surface area contributed by atoms with Gasteiger partial charge in [-0.15, -0.1) is 0 Å². The SMILES string of the molecule is NCCCC(CC(=O)NCCc1ccccc1)NC(=O)[C@](O)(NC=N[N+](=O)[O-])N1CC(=O)N(CCC2CCN(C(=O)O)CC2)CC1=O. The molecule has 1 aromatic carbocycles. The number of nitrogens with one attached hydrogen (secondary N) is 3. The molecule has 47 heavy (non-hydrogen) atoms. The molecule has 258 valence electrons. The maximum atomic E-state index is 13.6. The molecule has 5 amide bonds. The predicted molar refractivity (Wildman–Crippen MR) is 167 cm³/mol. The molecule has 18 nitrogen and oxygen atoms in total. The molecular formula is C29H43N9O9. The molecule has 0 radical (unpaired) electrons. The van der Waals surface area contributed by atoms with Crippen LogP contribution in [0.4, 0.5) is 4.79 Å². The van der Waals surface area contributed by atoms with Crippen molar-refractivity contribution in [2.45, 2.75) is 56.8 Å². The van der Waals surface area contributed by atoms with E-state index in [9.17, 15) is 39.2 Å². The van der Waals surface area contributed by atoms with E-state index in [-0.39, 0.29) is 37.8 Å². The van der Waals surface area contributed by atoms with E-state index in [1.165, 1.54) is 9.80 Å². The minimum absolute atomic E-state index is 0.148. The number of rotatable bonds is 17. The van der Waals surface area contributed by atoms with E-state index in [2.05, 4.69) is 21.1 Å². The van der Waals surface area contributed by atoms with E-state index >= 15 is 0 Å². The molecule has 7 N–H and O–H groups in total. The summed E-state index contributed by atoms with van der Waals surface area (Å²) in [5.41, 5.74) is 6.66. The van der Waals surface area contributed by atoms with Crippen molar-refractivity contribution in [1.82, 2.24) is 30.7 Å². The van der Waals surface area contributed by atoms with Crippen molar-refractivity contribution in [1.29, 1.82) is 0 Å². The van der Waals surface area contributed by atoms with E-state index in [1.807, 2.05) is 30.3 Å². The Balaban J connectivity index is 1.65. The smallest absolute Gasteiger partial charge is 0.407 e. The lowest BCUT2D eigenvalue weighted by Gasteiger charge is -2.42. The summed E-state index contributed by atoms with van der Waals surface area (Å²) < 4.78 is 0. The number of carboxylic acid groups (broad SMARTS) is 1. The zero-order chi connectivity index (χ0) is 34.4. The highest BCUT2D eigenvalue weighted by Gasteiger charge is 2.49. The Morgan fingerprint density at radius 1 is 1.15 bits per heavy atom. The summed E-state index contributed by atoms with van der Waals surface area (Å²) in [6.07, 6.45) is 2.24. The second-order valence-corrected chi connectivity index (χ2v) is 11.5. The summed E-state index contributed by atoms with van der Waals surface area (Å²) in [6.45, 7) is 0.338. The molecule has 2 saturated heterocycles. The molecule has 18 heteroatoms. The van der Waals surface area contributed by atoms with Crippen LogP contribution in [0.2, 0.25) is 0 Å². The van der Waals surface area contributed by atoms with Gasteiger partial charge in [-0.25, -0.2) is 14.9 Å². The zero-order valence-corrected chi connectivity index (χ0v) is 26.1. The van der Waals surface area contributed by atoms with E-state index < -0.39 is 53.8 Å². The van der Waals surface area contributed by atoms with Gasteiger partial charge in [0.15, 0.2) is 11.4 Å². The van der Waals surface area contributed by atoms with Crippen LogP contribution >= 0.6 is 0 Å². The zero-order valence-electron chi connectivity index (χ0n) is 26.1. The van der Waals surface area contributed by atoms with Gasteiger partial charge in [-0.1, -0.05) is 30.3 Å². The third-order valence-corrected chi connectivity index (χ3v) is 8.19. The fourth-order valence-electron chi connectivity index (χ4n) is 5.50. The van der Waals surface area contributed by atoms with Gasteiger partial charge in [0, 0.05) is 38.6 Å². The number of hydrogen-bond acceptors (Lipinski definition) is 9. The van der Waals surface area contributed by atoms with E-state index in [1.54, 1.807) is 0 Å². The first-order valence-electron chi connectivity index (χ1n) is 15.5. The van der Waals surface area contributed by atoms with Crippen molar-refractivity contribution < 1.29 is 39.2 Å². The van der Waals surface area contributed by atoms with Crippen LogP contribution in [0, 0.1) is 16.0 Å². The van der Waals surface area contributed by atoms with Gasteiger partial charge in [-0.05, 0) is 56.6 Å². The maximum absolute atomic E-state index is 13.6. The van der Waals surface area contributed by atoms with Crippen molar-refractivity contribution in [3.8, 4) is 0 Å². The molecular weight excluding hydrogens is 618 g/mol. The summed E-state index contributed by atoms with van der Waals surface area (Å²) in [5.74, 6) is -5.83. The maximum Gasteiger partial charge on any atom is 0.407 e. The largest absolute Gasteiger partial charge is 0.465 e. The lowest BCUT2D eigenvalue weighted by molar-refractivity contribution is -0.484. The number of hydrogen-bond donors (Lipinski definition) is 6. The lowest BCUT2D eigenvalue weighted by Crippen LogP contribution is -2.73. The molecule has 2 fully saturated rings. The number of nitro groups is 1. The van der Waals surface area contributed by atoms with Gasteiger partial charge >= 0.3 is 11.9 Å². The molecule has 1 aromatic rings. The second kappa shape index (κ2) is 17.7. The number of hydrazone groups is 1. The van der Waals surface area contributed by atoms with Gasteiger partial charge < -0.3 is 41.7 Å². The van der Waals surface area contributed by atoms with Crippen molar-refractivity contribution >= 4 is 36.1 Å². The lowest BCUT2D eigenvalue weighted by atomic mass is 9.93. The number of nitrogens with two attached hydrogens (primary N) is 1. The average molecular weight is 662 g/mol. The molecule has 2 atom stereocenters. The monoisotopic (exact) mass is 661 g/mol. The number of carbonyl (C=O) groups excluding carboxylic acids is 4. The number of piperazine rings is 1. The summed E-state index contributed by atoms with van der Waals surface area (Å²) in [6, 6.07) is 8.65. The Morgan fingerprint density at radius 2 is 1.85 bits per heavy atom. The average Bonchev–Trinajstić information content (AvgIpc) is 3.04. The molecule has 0 bridgehead atoms. The van der Waals surface area contributed by atoms with Crippen LogP contribution < -0.4 is 21.7 Å². The van der Waals surface area contributed by atoms with Gasteiger partial charge in [-0.3, -0.25) is 24.1 Å². The summed E-state index contributed by atoms with van der Waals surface area (Å²) in [4.78, 5) is 77.8. The van der Waals surface area contributed by atoms with Crippen molar-refractivity contribution in [3.63, 3.8) is 0 Å². The van der Waals surface area contributed by atoms with Crippen LogP contribution in [-0.4, -0.2) is 124 Å². The van der Waals surface area contributed by atoms with Crippen LogP contribution in [0.25, 0.3) is 0 Å². The number of nitrogens with zero attached hydrogens (tertiary/aromatic N) is 5. The van der Waals surface area contributed by atoms with Gasteiger partial charge in [-0.2, -0.15) is 0 Å². The number of amides is 5. The van der Waals surface area contributed by atoms with Crippen LogP contribution in [0.1, 0.15) is 44.1 Å². The van der Waals surface area contributed by atoms with Crippen LogP contribution in [0.15, 0.2) is 35.4 Å². The number of likely N-dealkylation sites (tertiary alicyclic amines) is 1. The Labute approximate surface area is 271 Å². The Kier molecular flexibility index (Phi) is 13.8. The Morgan fingerprint density at radius 3 is 2.49 bits per heavy atom. The molecule has 2 aliphatic rings. The first kappa shape index (κ1) is 36.6. The highest BCUT2D eigenvalue weighted by atomic mass is 16.7. The van der Waals surface area contributed by atoms with Gasteiger partial charge in [0.1, 0.15) is 6.54 Å². The standard InChI is InChI=1S/C29H43N9O9/c30-12-4-7-23(17-24(39)31-13-8-21-5-2-1-3-6-21)34-27(42)29(45,32-20-33-38(46)47)37-19-25(40)36(18-26(37)41)16-11-22-9-14-35(15-10-22)28(43)44/h1-3,5-6,20,22-23,45H,4,7-19,30H2,(H,31,39)(H,32,33)(H,34,42)(H,43,44)/t23?,29-/m0/s1. The first-order valence-corrected chi connectivity index (χ1v) is 15.5. The third kappa shape index (κ3) is 11.2. The van der Waals surface area contributed by atoms with E-state index in [0.29, 0.717) is 63.0 Å². The first-order chi connectivity index (χ1) is 22.4. The molecule has 2 heterocycles. The summed E-state index contributed by atoms with van der Waals surface area (Å²) >= 11 is 0. The fourth-order valence-corrected chi connectivity index (χ4v) is 5.50. The molecule has 1 unspecified atom stereocenters. The second-order valence-electron chi connectivity index (χ2n) is 11.5. The number of benzene rings is 1. The number of piperidine rings is 1. The quantitative estimate of drug-likeness (QED) is 0.0383. The van der Waals surface area contributed by atoms with Gasteiger partial charge in [0.05, 0.1) is 11.6 Å². The highest BCUT2D eigenvalue weighted by molar-refractivity contribution is 5.98. The third-order valence-electron chi connectivity index (χ3n) is 8.19. The van der Waals surface area contributed by atoms with E-state index in [0.717, 1.165) is 5.56 Å². The summed E-state index contributed by atoms with van der Waals surface area (Å²) in [7, 11) is 0. The topological polar surface area (TPSA) is 253 Å². The van der Waals surface area contributed by atoms with Crippen LogP contribution in [0.3, 0.4) is 0 Å². The van der Waals surface area contributed by atoms with Crippen LogP contribution in [-0.2, 0) is 25.6 Å². The minimum atomic E-state index is -2.97. The molecule has 0 aromatic heterocycles. The number of carbonyl (C=O) groups is 5. The minimum Gasteiger partial charge on any atom is -0.465 e. The van der Waals surface area contributed by atoms with Gasteiger partial charge in [0.2, 0.25) is 17.7 Å². The fraction of sp³-hybridized carbons (Fsp3) is 0.586. The van der Waals surface area contributed by atoms with Crippen molar-refractivity contribution in [2.75, 3.05) is 45.8 Å². The molecule has 0 spiro atoms. The molecule has 0 aliphatic carbocycles. The van der Waals surface area contributed by atoms with Crippen molar-refractivity contribution in [2.24, 2.45) is 16.8 Å². The Hall–Kier alpha value is -4.84. The Bertz CT molecular complexity index is 1290.